The molecule has 3 aromatic rings. The van der Waals surface area contributed by atoms with Crippen molar-refractivity contribution in [3.05, 3.63) is 47.5 Å². The van der Waals surface area contributed by atoms with Gasteiger partial charge in [-0.05, 0) is 93.4 Å². The van der Waals surface area contributed by atoms with Crippen molar-refractivity contribution < 1.29 is 0 Å². The largest absolute Gasteiger partial charge is 0.371 e. The zero-order chi connectivity index (χ0) is 19.8. The molecule has 0 atom stereocenters. The van der Waals surface area contributed by atoms with E-state index in [1.165, 1.54) is 73.2 Å². The summed E-state index contributed by atoms with van der Waals surface area (Å²) in [6, 6.07) is 13.4. The molecule has 4 nitrogen and oxygen atoms in total. The molecule has 0 spiro atoms. The molecule has 1 N–H and O–H groups in total. The van der Waals surface area contributed by atoms with E-state index in [0.717, 1.165) is 30.2 Å². The van der Waals surface area contributed by atoms with Crippen molar-refractivity contribution in [2.24, 2.45) is 13.0 Å². The second-order valence-corrected chi connectivity index (χ2v) is 8.85. The SMILES string of the molecule is Cc1cccc2c1nc(-c1ccc3c(c1)CCN3CCCC1CCNCC1)n2C. The van der Waals surface area contributed by atoms with Gasteiger partial charge in [0.1, 0.15) is 5.82 Å². The second-order valence-electron chi connectivity index (χ2n) is 8.85. The molecule has 1 fully saturated rings. The fraction of sp³-hybridized carbons (Fsp3) is 0.480. The first-order chi connectivity index (χ1) is 14.2. The number of aromatic nitrogens is 2. The molecule has 1 aromatic heterocycles. The van der Waals surface area contributed by atoms with E-state index in [4.69, 9.17) is 4.98 Å². The van der Waals surface area contributed by atoms with Gasteiger partial charge in [-0.3, -0.25) is 0 Å². The van der Waals surface area contributed by atoms with E-state index in [9.17, 15) is 0 Å². The highest BCUT2D eigenvalue weighted by Crippen LogP contribution is 2.33. The summed E-state index contributed by atoms with van der Waals surface area (Å²) in [7, 11) is 2.13. The molecular weight excluding hydrogens is 356 g/mol. The summed E-state index contributed by atoms with van der Waals surface area (Å²) < 4.78 is 2.23. The fourth-order valence-electron chi connectivity index (χ4n) is 5.20. The lowest BCUT2D eigenvalue weighted by Crippen LogP contribution is -2.28. The fourth-order valence-corrected chi connectivity index (χ4v) is 5.20. The number of nitrogens with zero attached hydrogens (tertiary/aromatic N) is 3. The number of anilines is 1. The molecule has 4 heteroatoms. The van der Waals surface area contributed by atoms with E-state index in [1.807, 2.05) is 0 Å². The summed E-state index contributed by atoms with van der Waals surface area (Å²) in [6.45, 7) is 6.92. The maximum atomic E-state index is 4.97. The van der Waals surface area contributed by atoms with Gasteiger partial charge in [0.15, 0.2) is 0 Å². The van der Waals surface area contributed by atoms with Crippen LogP contribution in [0.4, 0.5) is 5.69 Å². The van der Waals surface area contributed by atoms with Crippen LogP contribution in [0.2, 0.25) is 0 Å². The van der Waals surface area contributed by atoms with Gasteiger partial charge < -0.3 is 14.8 Å². The molecule has 0 amide bonds. The van der Waals surface area contributed by atoms with Gasteiger partial charge in [-0.1, -0.05) is 12.1 Å². The Morgan fingerprint density at radius 3 is 2.83 bits per heavy atom. The lowest BCUT2D eigenvalue weighted by molar-refractivity contribution is 0.348. The first-order valence-corrected chi connectivity index (χ1v) is 11.2. The number of rotatable bonds is 5. The number of aryl methyl sites for hydroxylation is 2. The summed E-state index contributed by atoms with van der Waals surface area (Å²) in [6.07, 6.45) is 6.56. The number of para-hydroxylation sites is 1. The highest BCUT2D eigenvalue weighted by molar-refractivity contribution is 5.83. The molecular formula is C25H32N4. The van der Waals surface area contributed by atoms with Gasteiger partial charge in [0.05, 0.1) is 11.0 Å². The Labute approximate surface area is 173 Å². The van der Waals surface area contributed by atoms with Crippen molar-refractivity contribution in [2.45, 2.75) is 39.0 Å². The predicted molar refractivity (Wildman–Crippen MR) is 122 cm³/mol. The van der Waals surface area contributed by atoms with Crippen LogP contribution < -0.4 is 10.2 Å². The molecule has 5 rings (SSSR count). The smallest absolute Gasteiger partial charge is 0.140 e. The standard InChI is InChI=1S/C25H32N4/c1-18-5-3-7-23-24(18)27-25(28(23)2)21-8-9-22-20(17-21)12-16-29(22)15-4-6-19-10-13-26-14-11-19/h3,5,7-9,17,19,26H,4,6,10-16H2,1-2H3. The molecule has 2 aliphatic heterocycles. The van der Waals surface area contributed by atoms with Crippen LogP contribution in [0.1, 0.15) is 36.8 Å². The van der Waals surface area contributed by atoms with Gasteiger partial charge in [-0.2, -0.15) is 0 Å². The summed E-state index contributed by atoms with van der Waals surface area (Å²) in [5, 5.41) is 3.48. The first-order valence-electron chi connectivity index (χ1n) is 11.2. The Bertz CT molecular complexity index is 1010. The normalized spacial score (nSPS) is 17.2. The summed E-state index contributed by atoms with van der Waals surface area (Å²) >= 11 is 0. The zero-order valence-corrected chi connectivity index (χ0v) is 17.7. The number of fused-ring (bicyclic) bond motifs is 2. The first kappa shape index (κ1) is 18.7. The van der Waals surface area contributed by atoms with Crippen LogP contribution in [-0.2, 0) is 13.5 Å². The average molecular weight is 389 g/mol. The van der Waals surface area contributed by atoms with Crippen molar-refractivity contribution in [3.8, 4) is 11.4 Å². The maximum absolute atomic E-state index is 4.97. The summed E-state index contributed by atoms with van der Waals surface area (Å²) in [5.74, 6) is 2.00. The quantitative estimate of drug-likeness (QED) is 0.688. The third-order valence-corrected chi connectivity index (χ3v) is 6.94. The number of imidazole rings is 1. The molecule has 29 heavy (non-hydrogen) atoms. The number of nitrogens with one attached hydrogen (secondary N) is 1. The molecule has 0 aliphatic carbocycles. The lowest BCUT2D eigenvalue weighted by Gasteiger charge is -2.24. The Morgan fingerprint density at radius 1 is 1.14 bits per heavy atom. The Morgan fingerprint density at radius 2 is 2.00 bits per heavy atom. The summed E-state index contributed by atoms with van der Waals surface area (Å²) in [5.41, 5.74) is 7.72. The van der Waals surface area contributed by atoms with Gasteiger partial charge in [0.25, 0.3) is 0 Å². The van der Waals surface area contributed by atoms with Gasteiger partial charge in [0, 0.05) is 31.4 Å². The molecule has 2 aliphatic rings. The number of piperidine rings is 1. The van der Waals surface area contributed by atoms with Crippen LogP contribution >= 0.6 is 0 Å². The van der Waals surface area contributed by atoms with E-state index < -0.39 is 0 Å². The molecule has 0 bridgehead atoms. The van der Waals surface area contributed by atoms with Crippen LogP contribution in [0, 0.1) is 12.8 Å². The van der Waals surface area contributed by atoms with E-state index in [0.29, 0.717) is 0 Å². The minimum Gasteiger partial charge on any atom is -0.371 e. The van der Waals surface area contributed by atoms with Crippen LogP contribution in [0.15, 0.2) is 36.4 Å². The Kier molecular flexibility index (Phi) is 5.04. The third-order valence-electron chi connectivity index (χ3n) is 6.94. The van der Waals surface area contributed by atoms with Gasteiger partial charge in [0.2, 0.25) is 0 Å². The van der Waals surface area contributed by atoms with Crippen molar-refractivity contribution in [2.75, 3.05) is 31.1 Å². The second kappa shape index (κ2) is 7.83. The van der Waals surface area contributed by atoms with E-state index in [1.54, 1.807) is 0 Å². The van der Waals surface area contributed by atoms with Crippen LogP contribution in [-0.4, -0.2) is 35.7 Å². The molecule has 152 valence electrons. The maximum Gasteiger partial charge on any atom is 0.140 e. The Hall–Kier alpha value is -2.33. The lowest BCUT2D eigenvalue weighted by atomic mass is 9.93. The minimum absolute atomic E-state index is 0.932. The monoisotopic (exact) mass is 388 g/mol. The van der Waals surface area contributed by atoms with Crippen molar-refractivity contribution >= 4 is 16.7 Å². The third kappa shape index (κ3) is 3.55. The molecule has 2 aromatic carbocycles. The van der Waals surface area contributed by atoms with Crippen molar-refractivity contribution in [1.82, 2.24) is 14.9 Å². The molecule has 0 saturated carbocycles. The van der Waals surface area contributed by atoms with Gasteiger partial charge in [-0.25, -0.2) is 4.98 Å². The molecule has 1 saturated heterocycles. The van der Waals surface area contributed by atoms with Crippen molar-refractivity contribution in [3.63, 3.8) is 0 Å². The zero-order valence-electron chi connectivity index (χ0n) is 17.7. The molecule has 0 radical (unpaired) electrons. The Balaban J connectivity index is 1.32. The highest BCUT2D eigenvalue weighted by Gasteiger charge is 2.21. The van der Waals surface area contributed by atoms with Crippen LogP contribution in [0.3, 0.4) is 0 Å². The number of benzene rings is 2. The van der Waals surface area contributed by atoms with E-state index >= 15 is 0 Å². The highest BCUT2D eigenvalue weighted by atomic mass is 15.1. The van der Waals surface area contributed by atoms with Crippen molar-refractivity contribution in [1.29, 1.82) is 0 Å². The average Bonchev–Trinajstić information content (AvgIpc) is 3.31. The summed E-state index contributed by atoms with van der Waals surface area (Å²) in [4.78, 5) is 7.57. The minimum atomic E-state index is 0.932. The van der Waals surface area contributed by atoms with Crippen LogP contribution in [0.5, 0.6) is 0 Å². The number of hydrogen-bond acceptors (Lipinski definition) is 3. The van der Waals surface area contributed by atoms with E-state index in [-0.39, 0.29) is 0 Å². The topological polar surface area (TPSA) is 33.1 Å². The molecule has 3 heterocycles. The van der Waals surface area contributed by atoms with Crippen LogP contribution in [0.25, 0.3) is 22.4 Å². The molecule has 0 unspecified atom stereocenters. The number of hydrogen-bond donors (Lipinski definition) is 1. The van der Waals surface area contributed by atoms with E-state index in [2.05, 4.69) is 65.2 Å². The van der Waals surface area contributed by atoms with Gasteiger partial charge in [-0.15, -0.1) is 0 Å². The predicted octanol–water partition coefficient (Wildman–Crippen LogP) is 4.69. The van der Waals surface area contributed by atoms with Gasteiger partial charge >= 0.3 is 0 Å².